The number of fused-ring (bicyclic) bond motifs is 1. The van der Waals surface area contributed by atoms with Crippen molar-refractivity contribution in [3.63, 3.8) is 0 Å². The fourth-order valence-corrected chi connectivity index (χ4v) is 3.69. The molecule has 4 rings (SSSR count). The van der Waals surface area contributed by atoms with Gasteiger partial charge in [0.1, 0.15) is 11.4 Å². The van der Waals surface area contributed by atoms with Gasteiger partial charge in [0, 0.05) is 49.4 Å². The summed E-state index contributed by atoms with van der Waals surface area (Å²) in [5, 5.41) is 8.14. The van der Waals surface area contributed by atoms with Crippen LogP contribution < -0.4 is 4.74 Å². The van der Waals surface area contributed by atoms with Crippen LogP contribution in [0.3, 0.4) is 0 Å². The van der Waals surface area contributed by atoms with Crippen molar-refractivity contribution in [3.05, 3.63) is 47.9 Å². The number of piperidine rings is 1. The highest BCUT2D eigenvalue weighted by Gasteiger charge is 2.27. The summed E-state index contributed by atoms with van der Waals surface area (Å²) in [6.07, 6.45) is 3.72. The van der Waals surface area contributed by atoms with E-state index in [1.54, 1.807) is 13.3 Å². The van der Waals surface area contributed by atoms with Crippen molar-refractivity contribution in [2.75, 3.05) is 20.2 Å². The lowest BCUT2D eigenvalue weighted by Crippen LogP contribution is -2.38. The van der Waals surface area contributed by atoms with Crippen LogP contribution in [0.25, 0.3) is 10.9 Å². The molecule has 25 heavy (non-hydrogen) atoms. The number of ether oxygens (including phenoxy) is 1. The van der Waals surface area contributed by atoms with Crippen molar-refractivity contribution < 1.29 is 9.53 Å². The Morgan fingerprint density at radius 3 is 2.72 bits per heavy atom. The van der Waals surface area contributed by atoms with Crippen LogP contribution in [-0.4, -0.2) is 45.8 Å². The molecule has 1 amide bonds. The van der Waals surface area contributed by atoms with E-state index in [-0.39, 0.29) is 5.91 Å². The molecule has 0 aliphatic carbocycles. The maximum absolute atomic E-state index is 13.0. The van der Waals surface area contributed by atoms with Gasteiger partial charge in [0.25, 0.3) is 5.91 Å². The number of carbonyl (C=O) groups is 1. The second-order valence-electron chi connectivity index (χ2n) is 6.59. The summed E-state index contributed by atoms with van der Waals surface area (Å²) < 4.78 is 7.25. The van der Waals surface area contributed by atoms with Crippen molar-refractivity contribution in [3.8, 4) is 5.75 Å². The number of nitrogens with one attached hydrogen (secondary N) is 1. The molecule has 0 radical (unpaired) electrons. The Kier molecular flexibility index (Phi) is 3.95. The Balaban J connectivity index is 1.53. The number of nitrogens with zero attached hydrogens (tertiary/aromatic N) is 3. The number of carbonyl (C=O) groups excluding carboxylic acids is 1. The van der Waals surface area contributed by atoms with Crippen LogP contribution in [0.2, 0.25) is 0 Å². The van der Waals surface area contributed by atoms with E-state index in [0.29, 0.717) is 5.92 Å². The highest BCUT2D eigenvalue weighted by molar-refractivity contribution is 5.99. The largest absolute Gasteiger partial charge is 0.497 e. The SMILES string of the molecule is COc1ccc2cc(C(=O)N3CCC(c4ccn[nH]4)CC3)n(C)c2c1. The molecule has 130 valence electrons. The fourth-order valence-electron chi connectivity index (χ4n) is 3.69. The van der Waals surface area contributed by atoms with Crippen LogP contribution in [-0.2, 0) is 7.05 Å². The predicted octanol–water partition coefficient (Wildman–Crippen LogP) is 2.93. The van der Waals surface area contributed by atoms with E-state index in [4.69, 9.17) is 4.74 Å². The zero-order chi connectivity index (χ0) is 17.4. The van der Waals surface area contributed by atoms with Crippen LogP contribution >= 0.6 is 0 Å². The van der Waals surface area contributed by atoms with Gasteiger partial charge in [-0.1, -0.05) is 0 Å². The number of aromatic amines is 1. The third-order valence-electron chi connectivity index (χ3n) is 5.22. The first-order valence-corrected chi connectivity index (χ1v) is 8.59. The lowest BCUT2D eigenvalue weighted by Gasteiger charge is -2.31. The third kappa shape index (κ3) is 2.77. The summed E-state index contributed by atoms with van der Waals surface area (Å²) >= 11 is 0. The van der Waals surface area contributed by atoms with E-state index < -0.39 is 0 Å². The van der Waals surface area contributed by atoms with Gasteiger partial charge in [-0.15, -0.1) is 0 Å². The number of H-pyrrole nitrogens is 1. The zero-order valence-corrected chi connectivity index (χ0v) is 14.5. The molecule has 3 heterocycles. The Morgan fingerprint density at radius 2 is 2.04 bits per heavy atom. The number of hydrogen-bond acceptors (Lipinski definition) is 3. The molecule has 2 aromatic heterocycles. The van der Waals surface area contributed by atoms with E-state index in [1.807, 2.05) is 46.8 Å². The average Bonchev–Trinajstić information content (AvgIpc) is 3.30. The van der Waals surface area contributed by atoms with Crippen LogP contribution in [0.15, 0.2) is 36.5 Å². The molecule has 1 N–H and O–H groups in total. The second kappa shape index (κ2) is 6.27. The normalized spacial score (nSPS) is 15.7. The number of aryl methyl sites for hydroxylation is 1. The van der Waals surface area contributed by atoms with E-state index in [2.05, 4.69) is 10.2 Å². The van der Waals surface area contributed by atoms with Gasteiger partial charge < -0.3 is 14.2 Å². The number of aromatic nitrogens is 3. The maximum atomic E-state index is 13.0. The smallest absolute Gasteiger partial charge is 0.270 e. The molecule has 0 atom stereocenters. The maximum Gasteiger partial charge on any atom is 0.270 e. The Labute approximate surface area is 146 Å². The minimum atomic E-state index is 0.0979. The molecular formula is C19H22N4O2. The lowest BCUT2D eigenvalue weighted by molar-refractivity contribution is 0.0703. The van der Waals surface area contributed by atoms with Gasteiger partial charge in [0.05, 0.1) is 12.6 Å². The van der Waals surface area contributed by atoms with Gasteiger partial charge in [-0.2, -0.15) is 5.10 Å². The Bertz CT molecular complexity index is 890. The Morgan fingerprint density at radius 1 is 1.24 bits per heavy atom. The van der Waals surface area contributed by atoms with Gasteiger partial charge in [0.2, 0.25) is 0 Å². The molecule has 1 fully saturated rings. The standard InChI is InChI=1S/C19H22N4O2/c1-22-17-12-15(25-2)4-3-14(17)11-18(22)19(24)23-9-6-13(7-10-23)16-5-8-20-21-16/h3-5,8,11-13H,6-7,9-10H2,1-2H3,(H,20,21). The molecule has 1 aliphatic rings. The minimum Gasteiger partial charge on any atom is -0.497 e. The van der Waals surface area contributed by atoms with Crippen LogP contribution in [0, 0.1) is 0 Å². The molecule has 1 aromatic carbocycles. The molecule has 0 bridgehead atoms. The molecule has 0 unspecified atom stereocenters. The first-order chi connectivity index (χ1) is 12.2. The minimum absolute atomic E-state index is 0.0979. The first kappa shape index (κ1) is 15.7. The van der Waals surface area contributed by atoms with Crippen LogP contribution in [0.5, 0.6) is 5.75 Å². The van der Waals surface area contributed by atoms with Gasteiger partial charge in [-0.05, 0) is 37.1 Å². The summed E-state index contributed by atoms with van der Waals surface area (Å²) in [5.74, 6) is 1.36. The van der Waals surface area contributed by atoms with Crippen molar-refractivity contribution >= 4 is 16.8 Å². The molecule has 0 saturated carbocycles. The van der Waals surface area contributed by atoms with E-state index in [1.165, 1.54) is 5.69 Å². The molecule has 1 aliphatic heterocycles. The number of likely N-dealkylation sites (tertiary alicyclic amines) is 1. The molecule has 6 nitrogen and oxygen atoms in total. The predicted molar refractivity (Wildman–Crippen MR) is 95.9 cm³/mol. The second-order valence-corrected chi connectivity index (χ2v) is 6.59. The van der Waals surface area contributed by atoms with Crippen LogP contribution in [0.1, 0.15) is 34.9 Å². The Hall–Kier alpha value is -2.76. The van der Waals surface area contributed by atoms with E-state index in [0.717, 1.165) is 48.3 Å². The molecule has 3 aromatic rings. The van der Waals surface area contributed by atoms with E-state index in [9.17, 15) is 4.79 Å². The zero-order valence-electron chi connectivity index (χ0n) is 14.5. The highest BCUT2D eigenvalue weighted by Crippen LogP contribution is 2.29. The summed E-state index contributed by atoms with van der Waals surface area (Å²) in [7, 11) is 3.59. The summed E-state index contributed by atoms with van der Waals surface area (Å²) in [6, 6.07) is 9.88. The van der Waals surface area contributed by atoms with Gasteiger partial charge in [-0.3, -0.25) is 9.89 Å². The molecule has 1 saturated heterocycles. The highest BCUT2D eigenvalue weighted by atomic mass is 16.5. The van der Waals surface area contributed by atoms with Gasteiger partial charge >= 0.3 is 0 Å². The summed E-state index contributed by atoms with van der Waals surface area (Å²) in [6.45, 7) is 1.54. The van der Waals surface area contributed by atoms with Gasteiger partial charge in [-0.25, -0.2) is 0 Å². The number of benzene rings is 1. The summed E-state index contributed by atoms with van der Waals surface area (Å²) in [4.78, 5) is 14.9. The average molecular weight is 338 g/mol. The fraction of sp³-hybridized carbons (Fsp3) is 0.368. The number of rotatable bonds is 3. The quantitative estimate of drug-likeness (QED) is 0.799. The molecular weight excluding hydrogens is 316 g/mol. The monoisotopic (exact) mass is 338 g/mol. The molecule has 6 heteroatoms. The van der Waals surface area contributed by atoms with Crippen LogP contribution in [0.4, 0.5) is 0 Å². The number of methoxy groups -OCH3 is 1. The third-order valence-corrected chi connectivity index (χ3v) is 5.22. The number of amides is 1. The number of hydrogen-bond donors (Lipinski definition) is 1. The lowest BCUT2D eigenvalue weighted by atomic mass is 9.93. The van der Waals surface area contributed by atoms with Crippen molar-refractivity contribution in [1.29, 1.82) is 0 Å². The topological polar surface area (TPSA) is 63.1 Å². The first-order valence-electron chi connectivity index (χ1n) is 8.59. The van der Waals surface area contributed by atoms with Crippen molar-refractivity contribution in [1.82, 2.24) is 19.7 Å². The molecule has 0 spiro atoms. The van der Waals surface area contributed by atoms with Crippen molar-refractivity contribution in [2.45, 2.75) is 18.8 Å². The van der Waals surface area contributed by atoms with E-state index >= 15 is 0 Å². The van der Waals surface area contributed by atoms with Crippen molar-refractivity contribution in [2.24, 2.45) is 7.05 Å². The summed E-state index contributed by atoms with van der Waals surface area (Å²) in [5.41, 5.74) is 2.90. The van der Waals surface area contributed by atoms with Gasteiger partial charge in [0.15, 0.2) is 0 Å².